The highest BCUT2D eigenvalue weighted by Gasteiger charge is 2.19. The highest BCUT2D eigenvalue weighted by atomic mass is 35.5. The molecule has 3 heteroatoms. The van der Waals surface area contributed by atoms with Gasteiger partial charge in [0.2, 0.25) is 0 Å². The average Bonchev–Trinajstić information content (AvgIpc) is 2.12. The summed E-state index contributed by atoms with van der Waals surface area (Å²) in [7, 11) is 0. The maximum Gasteiger partial charge on any atom is 0.145 e. The summed E-state index contributed by atoms with van der Waals surface area (Å²) >= 11 is 5.70. The van der Waals surface area contributed by atoms with E-state index < -0.39 is 0 Å². The molecule has 0 fully saturated rings. The summed E-state index contributed by atoms with van der Waals surface area (Å²) in [6, 6.07) is 3.76. The standard InChI is InChI=1S/C10H11ClFN/c1-6-7-2-3-9(11)10(12)8(7)4-5-13-6/h2-3,6,13H,4-5H2,1H3/t6-/m1/s1. The zero-order chi connectivity index (χ0) is 9.42. The molecule has 70 valence electrons. The van der Waals surface area contributed by atoms with E-state index in [1.807, 2.05) is 13.0 Å². The number of hydrogen-bond donors (Lipinski definition) is 1. The lowest BCUT2D eigenvalue weighted by molar-refractivity contribution is 0.513. The molecule has 0 saturated carbocycles. The first kappa shape index (κ1) is 8.97. The van der Waals surface area contributed by atoms with Crippen LogP contribution in [0.3, 0.4) is 0 Å². The van der Waals surface area contributed by atoms with E-state index in [4.69, 9.17) is 11.6 Å². The number of benzene rings is 1. The van der Waals surface area contributed by atoms with Crippen molar-refractivity contribution in [3.8, 4) is 0 Å². The van der Waals surface area contributed by atoms with Gasteiger partial charge in [0.25, 0.3) is 0 Å². The van der Waals surface area contributed by atoms with E-state index in [1.165, 1.54) is 0 Å². The third-order valence-electron chi connectivity index (χ3n) is 2.52. The molecule has 1 nitrogen and oxygen atoms in total. The molecule has 2 rings (SSSR count). The molecule has 0 spiro atoms. The molecule has 0 radical (unpaired) electrons. The minimum atomic E-state index is -0.243. The van der Waals surface area contributed by atoms with Gasteiger partial charge in [-0.1, -0.05) is 17.7 Å². The quantitative estimate of drug-likeness (QED) is 0.678. The van der Waals surface area contributed by atoms with Gasteiger partial charge in [-0.05, 0) is 37.1 Å². The van der Waals surface area contributed by atoms with Crippen molar-refractivity contribution >= 4 is 11.6 Å². The minimum absolute atomic E-state index is 0.229. The molecule has 1 heterocycles. The second-order valence-corrected chi connectivity index (χ2v) is 3.76. The van der Waals surface area contributed by atoms with Gasteiger partial charge >= 0.3 is 0 Å². The molecule has 1 aromatic rings. The Hall–Kier alpha value is -0.600. The summed E-state index contributed by atoms with van der Waals surface area (Å²) in [6.07, 6.45) is 0.728. The molecule has 0 aromatic heterocycles. The van der Waals surface area contributed by atoms with Crippen molar-refractivity contribution in [2.24, 2.45) is 0 Å². The van der Waals surface area contributed by atoms with E-state index in [9.17, 15) is 4.39 Å². The third-order valence-corrected chi connectivity index (χ3v) is 2.82. The highest BCUT2D eigenvalue weighted by molar-refractivity contribution is 6.30. The Kier molecular flexibility index (Phi) is 2.26. The van der Waals surface area contributed by atoms with Crippen LogP contribution in [0.15, 0.2) is 12.1 Å². The van der Waals surface area contributed by atoms with E-state index in [0.717, 1.165) is 24.1 Å². The molecule has 0 amide bonds. The van der Waals surface area contributed by atoms with Gasteiger partial charge in [0, 0.05) is 6.04 Å². The van der Waals surface area contributed by atoms with E-state index in [1.54, 1.807) is 6.07 Å². The van der Waals surface area contributed by atoms with Crippen molar-refractivity contribution in [2.45, 2.75) is 19.4 Å². The van der Waals surface area contributed by atoms with Gasteiger partial charge in [-0.3, -0.25) is 0 Å². The number of halogens is 2. The Balaban J connectivity index is 2.56. The fraction of sp³-hybridized carbons (Fsp3) is 0.400. The van der Waals surface area contributed by atoms with Crippen LogP contribution < -0.4 is 5.32 Å². The van der Waals surface area contributed by atoms with Crippen LogP contribution in [-0.4, -0.2) is 6.54 Å². The first-order chi connectivity index (χ1) is 6.20. The Morgan fingerprint density at radius 2 is 2.31 bits per heavy atom. The van der Waals surface area contributed by atoms with Gasteiger partial charge in [-0.15, -0.1) is 0 Å². The molecule has 0 aliphatic carbocycles. The van der Waals surface area contributed by atoms with Gasteiger partial charge < -0.3 is 5.32 Å². The molecular formula is C10H11ClFN. The Bertz CT molecular complexity index is 338. The second kappa shape index (κ2) is 3.28. The van der Waals surface area contributed by atoms with Crippen LogP contribution in [0, 0.1) is 5.82 Å². The number of hydrogen-bond acceptors (Lipinski definition) is 1. The van der Waals surface area contributed by atoms with Crippen molar-refractivity contribution in [3.05, 3.63) is 34.1 Å². The molecule has 1 aliphatic heterocycles. The summed E-state index contributed by atoms with van der Waals surface area (Å²) in [5.74, 6) is -0.243. The van der Waals surface area contributed by atoms with Crippen molar-refractivity contribution in [2.75, 3.05) is 6.54 Å². The SMILES string of the molecule is C[C@H]1NCCc2c1ccc(Cl)c2F. The van der Waals surface area contributed by atoms with Gasteiger partial charge in [0.05, 0.1) is 5.02 Å². The largest absolute Gasteiger partial charge is 0.310 e. The van der Waals surface area contributed by atoms with Gasteiger partial charge in [-0.2, -0.15) is 0 Å². The number of rotatable bonds is 0. The molecule has 1 N–H and O–H groups in total. The topological polar surface area (TPSA) is 12.0 Å². The van der Waals surface area contributed by atoms with Crippen molar-refractivity contribution in [1.82, 2.24) is 5.32 Å². The monoisotopic (exact) mass is 199 g/mol. The van der Waals surface area contributed by atoms with Crippen LogP contribution in [0.2, 0.25) is 5.02 Å². The second-order valence-electron chi connectivity index (χ2n) is 3.35. The smallest absolute Gasteiger partial charge is 0.145 e. The van der Waals surface area contributed by atoms with Gasteiger partial charge in [0.15, 0.2) is 0 Å². The molecule has 0 saturated heterocycles. The molecular weight excluding hydrogens is 189 g/mol. The lowest BCUT2D eigenvalue weighted by Gasteiger charge is -2.24. The Morgan fingerprint density at radius 3 is 3.08 bits per heavy atom. The lowest BCUT2D eigenvalue weighted by Crippen LogP contribution is -2.28. The summed E-state index contributed by atoms with van der Waals surface area (Å²) in [5.41, 5.74) is 1.81. The maximum absolute atomic E-state index is 13.5. The zero-order valence-electron chi connectivity index (χ0n) is 7.40. The predicted molar refractivity (Wildman–Crippen MR) is 51.5 cm³/mol. The summed E-state index contributed by atoms with van der Waals surface area (Å²) in [4.78, 5) is 0. The average molecular weight is 200 g/mol. The summed E-state index contributed by atoms with van der Waals surface area (Å²) in [6.45, 7) is 2.86. The highest BCUT2D eigenvalue weighted by Crippen LogP contribution is 2.28. The predicted octanol–water partition coefficient (Wildman–Crippen LogP) is 2.69. The molecule has 13 heavy (non-hydrogen) atoms. The van der Waals surface area contributed by atoms with E-state index in [-0.39, 0.29) is 16.9 Å². The Morgan fingerprint density at radius 1 is 1.54 bits per heavy atom. The molecule has 1 aromatic carbocycles. The number of nitrogens with one attached hydrogen (secondary N) is 1. The lowest BCUT2D eigenvalue weighted by atomic mass is 9.95. The van der Waals surface area contributed by atoms with Gasteiger partial charge in [0.1, 0.15) is 5.82 Å². The summed E-state index contributed by atoms with van der Waals surface area (Å²) < 4.78 is 13.5. The van der Waals surface area contributed by atoms with Crippen LogP contribution in [-0.2, 0) is 6.42 Å². The van der Waals surface area contributed by atoms with Crippen LogP contribution in [0.4, 0.5) is 4.39 Å². The van der Waals surface area contributed by atoms with Crippen LogP contribution in [0.25, 0.3) is 0 Å². The maximum atomic E-state index is 13.5. The fourth-order valence-electron chi connectivity index (χ4n) is 1.79. The zero-order valence-corrected chi connectivity index (χ0v) is 8.16. The molecule has 0 unspecified atom stereocenters. The van der Waals surface area contributed by atoms with Crippen LogP contribution in [0.5, 0.6) is 0 Å². The first-order valence-electron chi connectivity index (χ1n) is 4.40. The van der Waals surface area contributed by atoms with E-state index in [0.29, 0.717) is 0 Å². The molecule has 1 aliphatic rings. The first-order valence-corrected chi connectivity index (χ1v) is 4.78. The van der Waals surface area contributed by atoms with Gasteiger partial charge in [-0.25, -0.2) is 4.39 Å². The van der Waals surface area contributed by atoms with Crippen molar-refractivity contribution in [1.29, 1.82) is 0 Å². The van der Waals surface area contributed by atoms with Crippen molar-refractivity contribution < 1.29 is 4.39 Å². The summed E-state index contributed by atoms with van der Waals surface area (Å²) in [5, 5.41) is 3.50. The van der Waals surface area contributed by atoms with Crippen LogP contribution >= 0.6 is 11.6 Å². The third kappa shape index (κ3) is 1.45. The normalized spacial score (nSPS) is 21.3. The van der Waals surface area contributed by atoms with Crippen molar-refractivity contribution in [3.63, 3.8) is 0 Å². The van der Waals surface area contributed by atoms with E-state index >= 15 is 0 Å². The number of fused-ring (bicyclic) bond motifs is 1. The van der Waals surface area contributed by atoms with E-state index in [2.05, 4.69) is 5.32 Å². The van der Waals surface area contributed by atoms with Crippen LogP contribution in [0.1, 0.15) is 24.1 Å². The minimum Gasteiger partial charge on any atom is -0.310 e. The molecule has 1 atom stereocenters. The molecule has 0 bridgehead atoms. The fourth-order valence-corrected chi connectivity index (χ4v) is 1.97. The Labute approximate surface area is 81.9 Å².